The molecular formula is C18H16ClNO2. The predicted octanol–water partition coefficient (Wildman–Crippen LogP) is 4.55. The normalized spacial score (nSPS) is 16.0. The molecule has 2 aromatic carbocycles. The molecule has 22 heavy (non-hydrogen) atoms. The molecule has 4 heteroatoms. The van der Waals surface area contributed by atoms with E-state index >= 15 is 0 Å². The van der Waals surface area contributed by atoms with E-state index in [0.29, 0.717) is 17.0 Å². The summed E-state index contributed by atoms with van der Waals surface area (Å²) in [6.45, 7) is 0. The number of hydrogen-bond acceptors (Lipinski definition) is 3. The SMILES string of the molecule is O=C(Cl)c1cccc2c1OC(CCCc1ccccc1)C=N2. The lowest BCUT2D eigenvalue weighted by Crippen LogP contribution is -2.22. The number of aryl methyl sites for hydroxylation is 1. The summed E-state index contributed by atoms with van der Waals surface area (Å²) >= 11 is 5.60. The number of halogens is 1. The Morgan fingerprint density at radius 1 is 1.14 bits per heavy atom. The van der Waals surface area contributed by atoms with Crippen LogP contribution in [0.4, 0.5) is 5.69 Å². The van der Waals surface area contributed by atoms with Gasteiger partial charge in [0.25, 0.3) is 5.24 Å². The first kappa shape index (κ1) is 14.8. The molecule has 0 fully saturated rings. The highest BCUT2D eigenvalue weighted by Gasteiger charge is 2.21. The molecule has 1 unspecified atom stereocenters. The van der Waals surface area contributed by atoms with Gasteiger partial charge in [0, 0.05) is 6.21 Å². The molecule has 1 aliphatic rings. The Morgan fingerprint density at radius 3 is 2.73 bits per heavy atom. The van der Waals surface area contributed by atoms with Crippen LogP contribution >= 0.6 is 11.6 Å². The van der Waals surface area contributed by atoms with E-state index < -0.39 is 5.24 Å². The van der Waals surface area contributed by atoms with E-state index in [0.717, 1.165) is 19.3 Å². The van der Waals surface area contributed by atoms with Crippen LogP contribution in [0.1, 0.15) is 28.8 Å². The zero-order valence-corrected chi connectivity index (χ0v) is 12.8. The third kappa shape index (κ3) is 3.37. The number of nitrogens with zero attached hydrogens (tertiary/aromatic N) is 1. The van der Waals surface area contributed by atoms with Crippen molar-refractivity contribution in [3.63, 3.8) is 0 Å². The third-order valence-electron chi connectivity index (χ3n) is 3.65. The number of fused-ring (bicyclic) bond motifs is 1. The average Bonchev–Trinajstić information content (AvgIpc) is 2.55. The van der Waals surface area contributed by atoms with Crippen molar-refractivity contribution in [3.8, 4) is 5.75 Å². The fourth-order valence-electron chi connectivity index (χ4n) is 2.54. The van der Waals surface area contributed by atoms with Crippen LogP contribution in [0.25, 0.3) is 0 Å². The van der Waals surface area contributed by atoms with Gasteiger partial charge in [-0.3, -0.25) is 9.79 Å². The van der Waals surface area contributed by atoms with Gasteiger partial charge < -0.3 is 4.74 Å². The summed E-state index contributed by atoms with van der Waals surface area (Å²) in [6, 6.07) is 15.6. The molecule has 0 saturated heterocycles. The lowest BCUT2D eigenvalue weighted by atomic mass is 10.1. The number of rotatable bonds is 5. The van der Waals surface area contributed by atoms with Gasteiger partial charge in [0.2, 0.25) is 0 Å². The summed E-state index contributed by atoms with van der Waals surface area (Å²) in [5.74, 6) is 0.495. The molecule has 2 aromatic rings. The Morgan fingerprint density at radius 2 is 1.95 bits per heavy atom. The Bertz CT molecular complexity index is 697. The molecule has 0 N–H and O–H groups in total. The minimum Gasteiger partial charge on any atom is -0.482 e. The Kier molecular flexibility index (Phi) is 4.54. The van der Waals surface area contributed by atoms with Crippen molar-refractivity contribution in [2.75, 3.05) is 0 Å². The van der Waals surface area contributed by atoms with Gasteiger partial charge in [-0.15, -0.1) is 0 Å². The summed E-state index contributed by atoms with van der Waals surface area (Å²) < 4.78 is 5.91. The summed E-state index contributed by atoms with van der Waals surface area (Å²) in [5.41, 5.74) is 2.35. The molecule has 0 aromatic heterocycles. The van der Waals surface area contributed by atoms with Crippen molar-refractivity contribution >= 4 is 28.7 Å². The number of ether oxygens (including phenoxy) is 1. The van der Waals surface area contributed by atoms with Crippen LogP contribution in [0.3, 0.4) is 0 Å². The Labute approximate surface area is 134 Å². The van der Waals surface area contributed by atoms with E-state index in [9.17, 15) is 4.79 Å². The quantitative estimate of drug-likeness (QED) is 0.759. The monoisotopic (exact) mass is 313 g/mol. The van der Waals surface area contributed by atoms with Crippen LogP contribution < -0.4 is 4.74 Å². The Balaban J connectivity index is 1.63. The second-order valence-corrected chi connectivity index (χ2v) is 5.58. The zero-order chi connectivity index (χ0) is 15.4. The molecule has 1 heterocycles. The first-order chi connectivity index (χ1) is 10.7. The minimum atomic E-state index is -0.517. The summed E-state index contributed by atoms with van der Waals surface area (Å²) in [5, 5.41) is -0.517. The number of para-hydroxylation sites is 1. The molecule has 0 aliphatic carbocycles. The number of aliphatic imine (C=N–C) groups is 1. The number of carbonyl (C=O) groups is 1. The van der Waals surface area contributed by atoms with Crippen LogP contribution in [-0.4, -0.2) is 17.6 Å². The van der Waals surface area contributed by atoms with Crippen LogP contribution in [0, 0.1) is 0 Å². The average molecular weight is 314 g/mol. The third-order valence-corrected chi connectivity index (χ3v) is 3.86. The standard InChI is InChI=1S/C18H16ClNO2/c19-18(21)15-10-5-11-16-17(15)22-14(12-20-16)9-4-8-13-6-2-1-3-7-13/h1-3,5-7,10-12,14H,4,8-9H2. The fraction of sp³-hybridized carbons (Fsp3) is 0.222. The summed E-state index contributed by atoms with van der Waals surface area (Å²) in [4.78, 5) is 15.8. The van der Waals surface area contributed by atoms with Crippen molar-refractivity contribution in [3.05, 3.63) is 59.7 Å². The molecular weight excluding hydrogens is 298 g/mol. The van der Waals surface area contributed by atoms with Gasteiger partial charge in [-0.1, -0.05) is 36.4 Å². The highest BCUT2D eigenvalue weighted by atomic mass is 35.5. The first-order valence-electron chi connectivity index (χ1n) is 7.31. The Hall–Kier alpha value is -2.13. The van der Waals surface area contributed by atoms with Gasteiger partial charge in [-0.25, -0.2) is 0 Å². The topological polar surface area (TPSA) is 38.7 Å². The molecule has 1 aliphatic heterocycles. The van der Waals surface area contributed by atoms with Crippen molar-refractivity contribution < 1.29 is 9.53 Å². The first-order valence-corrected chi connectivity index (χ1v) is 7.69. The molecule has 0 saturated carbocycles. The predicted molar refractivity (Wildman–Crippen MR) is 88.6 cm³/mol. The number of carbonyl (C=O) groups excluding carboxylic acids is 1. The van der Waals surface area contributed by atoms with Crippen LogP contribution in [0.2, 0.25) is 0 Å². The van der Waals surface area contributed by atoms with Crippen LogP contribution in [-0.2, 0) is 6.42 Å². The second-order valence-electron chi connectivity index (χ2n) is 5.24. The molecule has 0 amide bonds. The van der Waals surface area contributed by atoms with E-state index in [1.807, 2.05) is 24.3 Å². The molecule has 0 spiro atoms. The lowest BCUT2D eigenvalue weighted by Gasteiger charge is -2.22. The maximum Gasteiger partial charge on any atom is 0.256 e. The van der Waals surface area contributed by atoms with Crippen LogP contribution in [0.5, 0.6) is 5.75 Å². The van der Waals surface area contributed by atoms with E-state index in [-0.39, 0.29) is 6.10 Å². The largest absolute Gasteiger partial charge is 0.482 e. The van der Waals surface area contributed by atoms with Gasteiger partial charge in [-0.05, 0) is 48.6 Å². The summed E-state index contributed by atoms with van der Waals surface area (Å²) in [7, 11) is 0. The molecule has 3 rings (SSSR count). The highest BCUT2D eigenvalue weighted by Crippen LogP contribution is 2.36. The molecule has 0 bridgehead atoms. The molecule has 0 radical (unpaired) electrons. The van der Waals surface area contributed by atoms with Gasteiger partial charge in [0.1, 0.15) is 11.8 Å². The van der Waals surface area contributed by atoms with Gasteiger partial charge in [-0.2, -0.15) is 0 Å². The molecule has 1 atom stereocenters. The zero-order valence-electron chi connectivity index (χ0n) is 12.0. The van der Waals surface area contributed by atoms with E-state index in [1.165, 1.54) is 5.56 Å². The van der Waals surface area contributed by atoms with E-state index in [1.54, 1.807) is 18.3 Å². The van der Waals surface area contributed by atoms with Crippen molar-refractivity contribution in [2.45, 2.75) is 25.4 Å². The van der Waals surface area contributed by atoms with Gasteiger partial charge in [0.05, 0.1) is 5.56 Å². The molecule has 3 nitrogen and oxygen atoms in total. The van der Waals surface area contributed by atoms with E-state index in [4.69, 9.17) is 16.3 Å². The number of benzene rings is 2. The molecule has 112 valence electrons. The van der Waals surface area contributed by atoms with Crippen molar-refractivity contribution in [1.82, 2.24) is 0 Å². The summed E-state index contributed by atoms with van der Waals surface area (Å²) in [6.07, 6.45) is 4.52. The van der Waals surface area contributed by atoms with Crippen LogP contribution in [0.15, 0.2) is 53.5 Å². The minimum absolute atomic E-state index is 0.117. The van der Waals surface area contributed by atoms with Crippen molar-refractivity contribution in [2.24, 2.45) is 4.99 Å². The van der Waals surface area contributed by atoms with Crippen molar-refractivity contribution in [1.29, 1.82) is 0 Å². The second kappa shape index (κ2) is 6.75. The highest BCUT2D eigenvalue weighted by molar-refractivity contribution is 6.68. The maximum absolute atomic E-state index is 11.5. The van der Waals surface area contributed by atoms with E-state index in [2.05, 4.69) is 17.1 Å². The number of hydrogen-bond donors (Lipinski definition) is 0. The fourth-order valence-corrected chi connectivity index (χ4v) is 2.68. The van der Waals surface area contributed by atoms with Gasteiger partial charge in [0.15, 0.2) is 5.75 Å². The smallest absolute Gasteiger partial charge is 0.256 e. The lowest BCUT2D eigenvalue weighted by molar-refractivity contribution is 0.107. The van der Waals surface area contributed by atoms with Gasteiger partial charge >= 0.3 is 0 Å². The maximum atomic E-state index is 11.5.